The molecule has 1 nitrogen and oxygen atoms in total. The SMILES string of the molecule is CC=CCc1cccc(OCc2ccccc2)c1. The van der Waals surface area contributed by atoms with Crippen LogP contribution in [-0.2, 0) is 13.0 Å². The third-order valence-electron chi connectivity index (χ3n) is 2.74. The molecule has 0 aromatic heterocycles. The van der Waals surface area contributed by atoms with Crippen molar-refractivity contribution in [1.82, 2.24) is 0 Å². The standard InChI is InChI=1S/C17H18O/c1-2-3-8-15-11-7-12-17(13-15)18-14-16-9-5-4-6-10-16/h2-7,9-13H,8,14H2,1H3. The van der Waals surface area contributed by atoms with E-state index in [9.17, 15) is 0 Å². The lowest BCUT2D eigenvalue weighted by molar-refractivity contribution is 0.306. The molecule has 0 amide bonds. The topological polar surface area (TPSA) is 9.23 Å². The molecule has 0 radical (unpaired) electrons. The van der Waals surface area contributed by atoms with Crippen LogP contribution in [0, 0.1) is 0 Å². The summed E-state index contributed by atoms with van der Waals surface area (Å²) >= 11 is 0. The first-order valence-corrected chi connectivity index (χ1v) is 6.25. The van der Waals surface area contributed by atoms with Crippen LogP contribution in [-0.4, -0.2) is 0 Å². The Morgan fingerprint density at radius 3 is 2.50 bits per heavy atom. The molecule has 0 fully saturated rings. The van der Waals surface area contributed by atoms with Gasteiger partial charge in [-0.15, -0.1) is 0 Å². The maximum absolute atomic E-state index is 5.79. The minimum absolute atomic E-state index is 0.619. The number of benzene rings is 2. The molecule has 2 aromatic carbocycles. The van der Waals surface area contributed by atoms with Crippen molar-refractivity contribution in [3.05, 3.63) is 77.9 Å². The lowest BCUT2D eigenvalue weighted by atomic mass is 10.1. The van der Waals surface area contributed by atoms with Gasteiger partial charge in [-0.25, -0.2) is 0 Å². The van der Waals surface area contributed by atoms with E-state index in [-0.39, 0.29) is 0 Å². The average molecular weight is 238 g/mol. The molecule has 0 aliphatic carbocycles. The Bertz CT molecular complexity index is 500. The summed E-state index contributed by atoms with van der Waals surface area (Å²) < 4.78 is 5.79. The molecule has 1 heteroatoms. The lowest BCUT2D eigenvalue weighted by Crippen LogP contribution is -1.95. The van der Waals surface area contributed by atoms with Crippen LogP contribution in [0.2, 0.25) is 0 Å². The molecule has 0 spiro atoms. The second-order valence-electron chi connectivity index (χ2n) is 4.19. The first-order chi connectivity index (χ1) is 8.88. The van der Waals surface area contributed by atoms with Gasteiger partial charge in [0.2, 0.25) is 0 Å². The van der Waals surface area contributed by atoms with Crippen LogP contribution in [0.15, 0.2) is 66.7 Å². The first-order valence-electron chi connectivity index (χ1n) is 6.25. The van der Waals surface area contributed by atoms with Gasteiger partial charge in [-0.05, 0) is 36.6 Å². The van der Waals surface area contributed by atoms with E-state index in [1.165, 1.54) is 11.1 Å². The number of hydrogen-bond donors (Lipinski definition) is 0. The minimum atomic E-state index is 0.619. The van der Waals surface area contributed by atoms with Crippen molar-refractivity contribution in [3.63, 3.8) is 0 Å². The summed E-state index contributed by atoms with van der Waals surface area (Å²) in [7, 11) is 0. The lowest BCUT2D eigenvalue weighted by Gasteiger charge is -2.07. The number of allylic oxidation sites excluding steroid dienone is 2. The highest BCUT2D eigenvalue weighted by atomic mass is 16.5. The van der Waals surface area contributed by atoms with Crippen LogP contribution in [0.25, 0.3) is 0 Å². The van der Waals surface area contributed by atoms with E-state index >= 15 is 0 Å². The van der Waals surface area contributed by atoms with Crippen molar-refractivity contribution in [2.45, 2.75) is 20.0 Å². The molecule has 0 atom stereocenters. The molecule has 2 aromatic rings. The Kier molecular flexibility index (Phi) is 4.60. The zero-order valence-electron chi connectivity index (χ0n) is 10.7. The van der Waals surface area contributed by atoms with Gasteiger partial charge in [0.15, 0.2) is 0 Å². The Morgan fingerprint density at radius 1 is 0.944 bits per heavy atom. The highest BCUT2D eigenvalue weighted by molar-refractivity contribution is 5.30. The van der Waals surface area contributed by atoms with Crippen molar-refractivity contribution in [3.8, 4) is 5.75 Å². The predicted molar refractivity (Wildman–Crippen MR) is 75.7 cm³/mol. The molecule has 92 valence electrons. The highest BCUT2D eigenvalue weighted by Crippen LogP contribution is 2.15. The van der Waals surface area contributed by atoms with Crippen LogP contribution >= 0.6 is 0 Å². The molecule has 0 aliphatic heterocycles. The van der Waals surface area contributed by atoms with Gasteiger partial charge >= 0.3 is 0 Å². The summed E-state index contributed by atoms with van der Waals surface area (Å²) in [4.78, 5) is 0. The molecule has 0 saturated heterocycles. The van der Waals surface area contributed by atoms with Crippen LogP contribution in [0.4, 0.5) is 0 Å². The third-order valence-corrected chi connectivity index (χ3v) is 2.74. The largest absolute Gasteiger partial charge is 0.489 e. The predicted octanol–water partition coefficient (Wildman–Crippen LogP) is 4.38. The van der Waals surface area contributed by atoms with Gasteiger partial charge in [0.25, 0.3) is 0 Å². The zero-order valence-corrected chi connectivity index (χ0v) is 10.7. The van der Waals surface area contributed by atoms with Crippen LogP contribution < -0.4 is 4.74 Å². The van der Waals surface area contributed by atoms with Gasteiger partial charge in [-0.1, -0.05) is 54.6 Å². The molecule has 0 aliphatic rings. The van der Waals surface area contributed by atoms with Crippen molar-refractivity contribution >= 4 is 0 Å². The van der Waals surface area contributed by atoms with Gasteiger partial charge in [0.1, 0.15) is 12.4 Å². The quantitative estimate of drug-likeness (QED) is 0.702. The first kappa shape index (κ1) is 12.4. The molecular formula is C17H18O. The number of ether oxygens (including phenoxy) is 1. The van der Waals surface area contributed by atoms with Gasteiger partial charge < -0.3 is 4.74 Å². The van der Waals surface area contributed by atoms with Gasteiger partial charge in [0.05, 0.1) is 0 Å². The second kappa shape index (κ2) is 6.65. The Morgan fingerprint density at radius 2 is 1.72 bits per heavy atom. The fraction of sp³-hybridized carbons (Fsp3) is 0.176. The van der Waals surface area contributed by atoms with Crippen molar-refractivity contribution < 1.29 is 4.74 Å². The second-order valence-corrected chi connectivity index (χ2v) is 4.19. The molecule has 0 bridgehead atoms. The highest BCUT2D eigenvalue weighted by Gasteiger charge is 1.97. The summed E-state index contributed by atoms with van der Waals surface area (Å²) in [6, 6.07) is 18.5. The molecule has 0 heterocycles. The summed E-state index contributed by atoms with van der Waals surface area (Å²) in [5.74, 6) is 0.931. The maximum Gasteiger partial charge on any atom is 0.120 e. The Balaban J connectivity index is 1.97. The molecular weight excluding hydrogens is 220 g/mol. The van der Waals surface area contributed by atoms with E-state index in [4.69, 9.17) is 4.74 Å². The van der Waals surface area contributed by atoms with E-state index in [1.54, 1.807) is 0 Å². The van der Waals surface area contributed by atoms with Crippen molar-refractivity contribution in [2.75, 3.05) is 0 Å². The number of hydrogen-bond acceptors (Lipinski definition) is 1. The fourth-order valence-corrected chi connectivity index (χ4v) is 1.76. The summed E-state index contributed by atoms with van der Waals surface area (Å²) in [5, 5.41) is 0. The average Bonchev–Trinajstić information content (AvgIpc) is 2.44. The van der Waals surface area contributed by atoms with E-state index in [2.05, 4.69) is 36.4 Å². The monoisotopic (exact) mass is 238 g/mol. The minimum Gasteiger partial charge on any atom is -0.489 e. The van der Waals surface area contributed by atoms with Crippen LogP contribution in [0.1, 0.15) is 18.1 Å². The van der Waals surface area contributed by atoms with E-state index in [0.717, 1.165) is 12.2 Å². The van der Waals surface area contributed by atoms with E-state index in [1.807, 2.05) is 37.3 Å². The molecule has 2 rings (SSSR count). The molecule has 0 N–H and O–H groups in total. The van der Waals surface area contributed by atoms with Gasteiger partial charge in [-0.2, -0.15) is 0 Å². The summed E-state index contributed by atoms with van der Waals surface area (Å²) in [5.41, 5.74) is 2.47. The molecule has 0 saturated carbocycles. The van der Waals surface area contributed by atoms with E-state index in [0.29, 0.717) is 6.61 Å². The van der Waals surface area contributed by atoms with Gasteiger partial charge in [0, 0.05) is 0 Å². The van der Waals surface area contributed by atoms with Crippen molar-refractivity contribution in [2.24, 2.45) is 0 Å². The Labute approximate surface area is 109 Å². The van der Waals surface area contributed by atoms with Crippen LogP contribution in [0.5, 0.6) is 5.75 Å². The van der Waals surface area contributed by atoms with Gasteiger partial charge in [-0.3, -0.25) is 0 Å². The normalized spacial score (nSPS) is 10.7. The van der Waals surface area contributed by atoms with Crippen LogP contribution in [0.3, 0.4) is 0 Å². The fourth-order valence-electron chi connectivity index (χ4n) is 1.76. The summed E-state index contributed by atoms with van der Waals surface area (Å²) in [6.07, 6.45) is 5.17. The van der Waals surface area contributed by atoms with Crippen molar-refractivity contribution in [1.29, 1.82) is 0 Å². The smallest absolute Gasteiger partial charge is 0.120 e. The Hall–Kier alpha value is -2.02. The number of rotatable bonds is 5. The molecule has 18 heavy (non-hydrogen) atoms. The molecule has 0 unspecified atom stereocenters. The van der Waals surface area contributed by atoms with E-state index < -0.39 is 0 Å². The maximum atomic E-state index is 5.79. The third kappa shape index (κ3) is 3.77. The summed E-state index contributed by atoms with van der Waals surface area (Å²) in [6.45, 7) is 2.66. The zero-order chi connectivity index (χ0) is 12.6.